The zero-order valence-corrected chi connectivity index (χ0v) is 14.1. The first-order chi connectivity index (χ1) is 11.2. The fourth-order valence-corrected chi connectivity index (χ4v) is 4.05. The fraction of sp³-hybridized carbons (Fsp3) is 0.833. The van der Waals surface area contributed by atoms with Crippen LogP contribution in [0.3, 0.4) is 0 Å². The van der Waals surface area contributed by atoms with Gasteiger partial charge >= 0.3 is 0 Å². The molecule has 4 atom stereocenters. The van der Waals surface area contributed by atoms with E-state index < -0.39 is 0 Å². The minimum atomic E-state index is 0.282. The maximum Gasteiger partial charge on any atom is 0.223 e. The molecule has 0 aliphatic heterocycles. The largest absolute Gasteiger partial charge is 0.356 e. The molecule has 3 fully saturated rings. The fourth-order valence-electron chi connectivity index (χ4n) is 4.05. The standard InChI is InChI=1S/C18H28N4O/c1-12-7-16(12)18(23)19-9-13-3-2-4-14(8-13)10-22-11-17(20-21-22)15-5-6-15/h11-16H,2-10H2,1H3,(H,19,23)/t12-,13-,14+,16-/m1/s1. The molecule has 1 N–H and O–H groups in total. The van der Waals surface area contributed by atoms with Gasteiger partial charge in [0.1, 0.15) is 0 Å². The topological polar surface area (TPSA) is 59.8 Å². The predicted molar refractivity (Wildman–Crippen MR) is 87.7 cm³/mol. The molecule has 1 aromatic heterocycles. The van der Waals surface area contributed by atoms with Crippen molar-refractivity contribution in [3.63, 3.8) is 0 Å². The van der Waals surface area contributed by atoms with Crippen LogP contribution in [0.5, 0.6) is 0 Å². The normalized spacial score (nSPS) is 33.4. The molecule has 3 aliphatic carbocycles. The van der Waals surface area contributed by atoms with Gasteiger partial charge in [0.15, 0.2) is 0 Å². The zero-order chi connectivity index (χ0) is 15.8. The first-order valence-electron chi connectivity index (χ1n) is 9.36. The lowest BCUT2D eigenvalue weighted by Gasteiger charge is -2.29. The summed E-state index contributed by atoms with van der Waals surface area (Å²) in [5, 5.41) is 11.8. The third-order valence-corrected chi connectivity index (χ3v) is 5.90. The van der Waals surface area contributed by atoms with Gasteiger partial charge in [-0.25, -0.2) is 0 Å². The Hall–Kier alpha value is -1.39. The van der Waals surface area contributed by atoms with Crippen molar-refractivity contribution in [2.45, 2.75) is 64.3 Å². The van der Waals surface area contributed by atoms with E-state index in [2.05, 4.69) is 28.7 Å². The Bertz CT molecular complexity index is 565. The average molecular weight is 316 g/mol. The Balaban J connectivity index is 1.24. The Kier molecular flexibility index (Phi) is 4.12. The third-order valence-electron chi connectivity index (χ3n) is 5.90. The lowest BCUT2D eigenvalue weighted by atomic mass is 9.81. The molecular weight excluding hydrogens is 288 g/mol. The number of nitrogens with zero attached hydrogens (tertiary/aromatic N) is 3. The first kappa shape index (κ1) is 15.2. The van der Waals surface area contributed by atoms with Crippen molar-refractivity contribution >= 4 is 5.91 Å². The summed E-state index contributed by atoms with van der Waals surface area (Å²) in [4.78, 5) is 12.0. The second-order valence-electron chi connectivity index (χ2n) is 8.10. The van der Waals surface area contributed by atoms with Gasteiger partial charge in [0.2, 0.25) is 5.91 Å². The molecule has 5 heteroatoms. The van der Waals surface area contributed by atoms with E-state index in [0.717, 1.165) is 19.5 Å². The number of rotatable bonds is 6. The maximum atomic E-state index is 12.0. The van der Waals surface area contributed by atoms with Crippen molar-refractivity contribution in [1.82, 2.24) is 20.3 Å². The summed E-state index contributed by atoms with van der Waals surface area (Å²) >= 11 is 0. The quantitative estimate of drug-likeness (QED) is 0.878. The summed E-state index contributed by atoms with van der Waals surface area (Å²) in [6, 6.07) is 0. The molecule has 3 aliphatic rings. The van der Waals surface area contributed by atoms with Crippen LogP contribution in [-0.4, -0.2) is 27.4 Å². The van der Waals surface area contributed by atoms with Crippen LogP contribution in [-0.2, 0) is 11.3 Å². The summed E-state index contributed by atoms with van der Waals surface area (Å²) in [6.07, 6.45) is 10.8. The number of carbonyl (C=O) groups is 1. The summed E-state index contributed by atoms with van der Waals surface area (Å²) in [5.41, 5.74) is 1.18. The van der Waals surface area contributed by atoms with Gasteiger partial charge in [-0.1, -0.05) is 18.6 Å². The van der Waals surface area contributed by atoms with Crippen LogP contribution >= 0.6 is 0 Å². The average Bonchev–Trinajstić information content (AvgIpc) is 3.47. The molecular formula is C18H28N4O. The van der Waals surface area contributed by atoms with E-state index in [1.807, 2.05) is 4.68 Å². The van der Waals surface area contributed by atoms with Crippen LogP contribution in [0, 0.1) is 23.7 Å². The highest BCUT2D eigenvalue weighted by Gasteiger charge is 2.39. The van der Waals surface area contributed by atoms with Crippen molar-refractivity contribution in [2.24, 2.45) is 23.7 Å². The van der Waals surface area contributed by atoms with Crippen LogP contribution in [0.1, 0.15) is 63.5 Å². The van der Waals surface area contributed by atoms with E-state index in [4.69, 9.17) is 0 Å². The van der Waals surface area contributed by atoms with E-state index in [0.29, 0.717) is 29.6 Å². The molecule has 1 heterocycles. The number of carbonyl (C=O) groups excluding carboxylic acids is 1. The summed E-state index contributed by atoms with van der Waals surface area (Å²) in [5.74, 6) is 3.18. The van der Waals surface area contributed by atoms with Crippen molar-refractivity contribution in [1.29, 1.82) is 0 Å². The Morgan fingerprint density at radius 1 is 1.26 bits per heavy atom. The molecule has 0 spiro atoms. The Morgan fingerprint density at radius 3 is 2.78 bits per heavy atom. The second kappa shape index (κ2) is 6.25. The van der Waals surface area contributed by atoms with Crippen LogP contribution in [0.15, 0.2) is 6.20 Å². The molecule has 0 aromatic carbocycles. The van der Waals surface area contributed by atoms with Crippen molar-refractivity contribution in [3.05, 3.63) is 11.9 Å². The summed E-state index contributed by atoms with van der Waals surface area (Å²) in [7, 11) is 0. The number of aromatic nitrogens is 3. The number of hydrogen-bond acceptors (Lipinski definition) is 3. The van der Waals surface area contributed by atoms with Gasteiger partial charge in [0.05, 0.1) is 5.69 Å². The van der Waals surface area contributed by atoms with Gasteiger partial charge < -0.3 is 5.32 Å². The lowest BCUT2D eigenvalue weighted by Crippen LogP contribution is -2.33. The molecule has 1 aromatic rings. The van der Waals surface area contributed by atoms with Gasteiger partial charge in [0.25, 0.3) is 0 Å². The van der Waals surface area contributed by atoms with Gasteiger partial charge in [-0.3, -0.25) is 9.48 Å². The Labute approximate surface area is 138 Å². The van der Waals surface area contributed by atoms with Crippen molar-refractivity contribution in [3.8, 4) is 0 Å². The molecule has 1 amide bonds. The van der Waals surface area contributed by atoms with Crippen LogP contribution in [0.4, 0.5) is 0 Å². The van der Waals surface area contributed by atoms with Crippen LogP contribution < -0.4 is 5.32 Å². The molecule has 23 heavy (non-hydrogen) atoms. The van der Waals surface area contributed by atoms with Gasteiger partial charge in [0, 0.05) is 31.1 Å². The summed E-state index contributed by atoms with van der Waals surface area (Å²) < 4.78 is 2.05. The van der Waals surface area contributed by atoms with Crippen LogP contribution in [0.25, 0.3) is 0 Å². The number of hydrogen-bond donors (Lipinski definition) is 1. The molecule has 0 radical (unpaired) electrons. The molecule has 3 saturated carbocycles. The van der Waals surface area contributed by atoms with Crippen molar-refractivity contribution in [2.75, 3.05) is 6.54 Å². The molecule has 0 bridgehead atoms. The van der Waals surface area contributed by atoms with E-state index >= 15 is 0 Å². The van der Waals surface area contributed by atoms with E-state index in [9.17, 15) is 4.79 Å². The van der Waals surface area contributed by atoms with Gasteiger partial charge in [-0.05, 0) is 56.3 Å². The van der Waals surface area contributed by atoms with Crippen LogP contribution in [0.2, 0.25) is 0 Å². The minimum absolute atomic E-state index is 0.282. The highest BCUT2D eigenvalue weighted by atomic mass is 16.2. The maximum absolute atomic E-state index is 12.0. The molecule has 4 rings (SSSR count). The minimum Gasteiger partial charge on any atom is -0.356 e. The second-order valence-corrected chi connectivity index (χ2v) is 8.10. The predicted octanol–water partition coefficient (Wildman–Crippen LogP) is 2.73. The van der Waals surface area contributed by atoms with E-state index in [1.54, 1.807) is 0 Å². The molecule has 0 saturated heterocycles. The number of amides is 1. The monoisotopic (exact) mass is 316 g/mol. The SMILES string of the molecule is C[C@@H]1C[C@H]1C(=O)NC[C@@H]1CCC[C@H](Cn2cc(C3CC3)nn2)C1. The first-order valence-corrected chi connectivity index (χ1v) is 9.36. The van der Waals surface area contributed by atoms with Gasteiger partial charge in [-0.15, -0.1) is 5.10 Å². The highest BCUT2D eigenvalue weighted by molar-refractivity contribution is 5.81. The molecule has 5 nitrogen and oxygen atoms in total. The molecule has 0 unspecified atom stereocenters. The molecule has 126 valence electrons. The van der Waals surface area contributed by atoms with E-state index in [1.165, 1.54) is 44.2 Å². The lowest BCUT2D eigenvalue weighted by molar-refractivity contribution is -0.122. The Morgan fingerprint density at radius 2 is 2.04 bits per heavy atom. The zero-order valence-electron chi connectivity index (χ0n) is 14.1. The third kappa shape index (κ3) is 3.75. The van der Waals surface area contributed by atoms with Gasteiger partial charge in [-0.2, -0.15) is 0 Å². The smallest absolute Gasteiger partial charge is 0.223 e. The summed E-state index contributed by atoms with van der Waals surface area (Å²) in [6.45, 7) is 4.02. The number of nitrogens with one attached hydrogen (secondary N) is 1. The van der Waals surface area contributed by atoms with E-state index in [-0.39, 0.29) is 5.91 Å². The van der Waals surface area contributed by atoms with Crippen molar-refractivity contribution < 1.29 is 4.79 Å². The highest BCUT2D eigenvalue weighted by Crippen LogP contribution is 2.39.